The van der Waals surface area contributed by atoms with Gasteiger partial charge in [-0.25, -0.2) is 0 Å². The number of piperazine rings is 1. The maximum atomic E-state index is 5.49. The quantitative estimate of drug-likeness (QED) is 0.695. The third-order valence-corrected chi connectivity index (χ3v) is 3.57. The van der Waals surface area contributed by atoms with Crippen LogP contribution in [0.4, 0.5) is 0 Å². The fraction of sp³-hybridized carbons (Fsp3) is 1.00. The Bertz CT molecular complexity index is 180. The van der Waals surface area contributed by atoms with E-state index in [4.69, 9.17) is 5.73 Å². The Morgan fingerprint density at radius 2 is 1.87 bits per heavy atom. The second kappa shape index (κ2) is 5.83. The highest BCUT2D eigenvalue weighted by atomic mass is 15.3. The lowest BCUT2D eigenvalue weighted by atomic mass is 9.99. The number of nitrogens with zero attached hydrogens (tertiary/aromatic N) is 2. The first-order valence-electron chi connectivity index (χ1n) is 6.20. The number of hydrogen-bond acceptors (Lipinski definition) is 3. The zero-order valence-electron chi connectivity index (χ0n) is 10.6. The molecule has 0 unspecified atom stereocenters. The second-order valence-corrected chi connectivity index (χ2v) is 5.36. The molecule has 0 amide bonds. The molecular formula is C12H27N3. The van der Waals surface area contributed by atoms with Crippen LogP contribution in [-0.4, -0.2) is 55.1 Å². The van der Waals surface area contributed by atoms with Crippen molar-refractivity contribution in [1.82, 2.24) is 9.80 Å². The lowest BCUT2D eigenvalue weighted by molar-refractivity contribution is 0.0393. The summed E-state index contributed by atoms with van der Waals surface area (Å²) in [4.78, 5) is 5.06. The van der Waals surface area contributed by atoms with Crippen LogP contribution in [0.3, 0.4) is 0 Å². The van der Waals surface area contributed by atoms with Crippen LogP contribution in [0.15, 0.2) is 0 Å². The first-order chi connectivity index (χ1) is 7.06. The van der Waals surface area contributed by atoms with Gasteiger partial charge in [0.2, 0.25) is 0 Å². The Morgan fingerprint density at radius 3 is 2.47 bits per heavy atom. The van der Waals surface area contributed by atoms with Gasteiger partial charge in [0.15, 0.2) is 0 Å². The molecule has 0 bridgehead atoms. The fourth-order valence-electron chi connectivity index (χ4n) is 2.19. The van der Waals surface area contributed by atoms with Crippen molar-refractivity contribution >= 4 is 0 Å². The highest BCUT2D eigenvalue weighted by molar-refractivity contribution is 4.87. The van der Waals surface area contributed by atoms with Crippen molar-refractivity contribution in [2.45, 2.75) is 38.6 Å². The number of unbranched alkanes of at least 4 members (excludes halogenated alkanes) is 2. The molecule has 0 atom stereocenters. The Morgan fingerprint density at radius 1 is 1.13 bits per heavy atom. The molecule has 1 rings (SSSR count). The normalized spacial score (nSPS) is 23.2. The molecule has 3 nitrogen and oxygen atoms in total. The van der Waals surface area contributed by atoms with Crippen LogP contribution in [0.25, 0.3) is 0 Å². The summed E-state index contributed by atoms with van der Waals surface area (Å²) in [6.45, 7) is 10.4. The summed E-state index contributed by atoms with van der Waals surface area (Å²) in [6.07, 6.45) is 3.76. The molecule has 1 aliphatic rings. The molecule has 3 heteroatoms. The minimum atomic E-state index is 0.339. The van der Waals surface area contributed by atoms with Crippen molar-refractivity contribution in [3.8, 4) is 0 Å². The molecule has 0 radical (unpaired) electrons. The van der Waals surface area contributed by atoms with E-state index in [1.807, 2.05) is 0 Å². The highest BCUT2D eigenvalue weighted by Gasteiger charge is 2.30. The first kappa shape index (κ1) is 12.9. The predicted molar refractivity (Wildman–Crippen MR) is 66.1 cm³/mol. The Hall–Kier alpha value is -0.120. The molecule has 0 aromatic carbocycles. The zero-order valence-corrected chi connectivity index (χ0v) is 10.6. The van der Waals surface area contributed by atoms with E-state index in [0.717, 1.165) is 6.54 Å². The molecule has 2 N–H and O–H groups in total. The summed E-state index contributed by atoms with van der Waals surface area (Å²) in [5, 5.41) is 0. The number of hydrogen-bond donors (Lipinski definition) is 1. The van der Waals surface area contributed by atoms with Gasteiger partial charge in [-0.05, 0) is 46.8 Å². The topological polar surface area (TPSA) is 32.5 Å². The van der Waals surface area contributed by atoms with Gasteiger partial charge in [-0.15, -0.1) is 0 Å². The Labute approximate surface area is 94.6 Å². The molecule has 1 saturated heterocycles. The van der Waals surface area contributed by atoms with E-state index in [1.54, 1.807) is 0 Å². The SMILES string of the molecule is CN1CCN(CCCCCN)CC1(C)C. The van der Waals surface area contributed by atoms with Gasteiger partial charge in [-0.1, -0.05) is 6.42 Å². The average Bonchev–Trinajstić information content (AvgIpc) is 2.18. The van der Waals surface area contributed by atoms with Gasteiger partial charge in [-0.3, -0.25) is 4.90 Å². The van der Waals surface area contributed by atoms with Gasteiger partial charge >= 0.3 is 0 Å². The summed E-state index contributed by atoms with van der Waals surface area (Å²) >= 11 is 0. The Kier molecular flexibility index (Phi) is 5.03. The van der Waals surface area contributed by atoms with Crippen LogP contribution in [0, 0.1) is 0 Å². The summed E-state index contributed by atoms with van der Waals surface area (Å²) in [6, 6.07) is 0. The van der Waals surface area contributed by atoms with Gasteiger partial charge < -0.3 is 10.6 Å². The maximum absolute atomic E-state index is 5.49. The third kappa shape index (κ3) is 4.09. The standard InChI is InChI=1S/C12H27N3/c1-12(2)11-15(10-9-14(12)3)8-6-4-5-7-13/h4-11,13H2,1-3H3. The second-order valence-electron chi connectivity index (χ2n) is 5.36. The average molecular weight is 213 g/mol. The number of likely N-dealkylation sites (N-methyl/N-ethyl adjacent to an activating group) is 1. The molecule has 90 valence electrons. The summed E-state index contributed by atoms with van der Waals surface area (Å²) < 4.78 is 0. The van der Waals surface area contributed by atoms with Crippen molar-refractivity contribution in [2.75, 3.05) is 39.8 Å². The van der Waals surface area contributed by atoms with Gasteiger partial charge in [0, 0.05) is 25.2 Å². The van der Waals surface area contributed by atoms with Crippen LogP contribution in [0.1, 0.15) is 33.1 Å². The van der Waals surface area contributed by atoms with Crippen LogP contribution in [0.5, 0.6) is 0 Å². The monoisotopic (exact) mass is 213 g/mol. The van der Waals surface area contributed by atoms with Gasteiger partial charge in [0.1, 0.15) is 0 Å². The van der Waals surface area contributed by atoms with E-state index in [9.17, 15) is 0 Å². The van der Waals surface area contributed by atoms with Gasteiger partial charge in [0.05, 0.1) is 0 Å². The van der Waals surface area contributed by atoms with E-state index < -0.39 is 0 Å². The van der Waals surface area contributed by atoms with Crippen molar-refractivity contribution in [1.29, 1.82) is 0 Å². The third-order valence-electron chi connectivity index (χ3n) is 3.57. The lowest BCUT2D eigenvalue weighted by Gasteiger charge is -2.45. The van der Waals surface area contributed by atoms with Crippen molar-refractivity contribution in [3.63, 3.8) is 0 Å². The van der Waals surface area contributed by atoms with Crippen LogP contribution in [-0.2, 0) is 0 Å². The first-order valence-corrected chi connectivity index (χ1v) is 6.20. The summed E-state index contributed by atoms with van der Waals surface area (Å²) in [5.41, 5.74) is 5.83. The van der Waals surface area contributed by atoms with E-state index >= 15 is 0 Å². The van der Waals surface area contributed by atoms with E-state index in [0.29, 0.717) is 5.54 Å². The smallest absolute Gasteiger partial charge is 0.0277 e. The molecule has 0 spiro atoms. The molecule has 1 aliphatic heterocycles. The molecule has 0 aliphatic carbocycles. The summed E-state index contributed by atoms with van der Waals surface area (Å²) in [5.74, 6) is 0. The molecular weight excluding hydrogens is 186 g/mol. The molecule has 0 saturated carbocycles. The molecule has 0 aromatic rings. The van der Waals surface area contributed by atoms with Gasteiger partial charge in [0.25, 0.3) is 0 Å². The molecule has 1 heterocycles. The van der Waals surface area contributed by atoms with E-state index in [-0.39, 0.29) is 0 Å². The fourth-order valence-corrected chi connectivity index (χ4v) is 2.19. The Balaban J connectivity index is 2.21. The van der Waals surface area contributed by atoms with Gasteiger partial charge in [-0.2, -0.15) is 0 Å². The highest BCUT2D eigenvalue weighted by Crippen LogP contribution is 2.18. The van der Waals surface area contributed by atoms with Crippen molar-refractivity contribution in [2.24, 2.45) is 5.73 Å². The van der Waals surface area contributed by atoms with E-state index in [2.05, 4.69) is 30.7 Å². The number of rotatable bonds is 5. The summed E-state index contributed by atoms with van der Waals surface area (Å²) in [7, 11) is 2.23. The maximum Gasteiger partial charge on any atom is 0.0277 e. The number of nitrogens with two attached hydrogens (primary N) is 1. The minimum Gasteiger partial charge on any atom is -0.330 e. The molecule has 1 fully saturated rings. The zero-order chi connectivity index (χ0) is 11.3. The van der Waals surface area contributed by atoms with Crippen LogP contribution < -0.4 is 5.73 Å². The van der Waals surface area contributed by atoms with Crippen LogP contribution in [0.2, 0.25) is 0 Å². The van der Waals surface area contributed by atoms with Crippen LogP contribution >= 0.6 is 0 Å². The predicted octanol–water partition coefficient (Wildman–Crippen LogP) is 1.14. The van der Waals surface area contributed by atoms with Crippen molar-refractivity contribution < 1.29 is 0 Å². The molecule has 0 aromatic heterocycles. The molecule has 15 heavy (non-hydrogen) atoms. The largest absolute Gasteiger partial charge is 0.330 e. The van der Waals surface area contributed by atoms with Crippen molar-refractivity contribution in [3.05, 3.63) is 0 Å². The lowest BCUT2D eigenvalue weighted by Crippen LogP contribution is -2.57. The minimum absolute atomic E-state index is 0.339. The van der Waals surface area contributed by atoms with E-state index in [1.165, 1.54) is 45.4 Å².